The van der Waals surface area contributed by atoms with Crippen LogP contribution in [0.25, 0.3) is 9.88 Å². The zero-order valence-corrected chi connectivity index (χ0v) is 19.2. The van der Waals surface area contributed by atoms with Crippen molar-refractivity contribution >= 4 is 45.9 Å². The Morgan fingerprint density at radius 3 is 2.70 bits per heavy atom. The van der Waals surface area contributed by atoms with Gasteiger partial charge in [0.25, 0.3) is 5.91 Å². The van der Waals surface area contributed by atoms with E-state index in [0.29, 0.717) is 17.8 Å². The topological polar surface area (TPSA) is 62.3 Å². The maximum atomic E-state index is 13.2. The second kappa shape index (κ2) is 9.25. The van der Waals surface area contributed by atoms with Gasteiger partial charge in [-0.3, -0.25) is 9.59 Å². The zero-order chi connectivity index (χ0) is 22.8. The number of thiophene rings is 1. The largest absolute Gasteiger partial charge is 0.322 e. The van der Waals surface area contributed by atoms with E-state index in [0.717, 1.165) is 39.7 Å². The standard InChI is InChI=1S/C25H20FN3O2S2/c26-17-10-8-16(9-11-17)24(31)28-20-5-1-6-21-19(20)4-2-12-29(21)23(30)14-18-15-33-25(27-18)22-7-3-13-32-22/h1,3,5-11,13,15H,2,4,12,14H2,(H,28,31). The number of benzene rings is 2. The molecule has 33 heavy (non-hydrogen) atoms. The van der Waals surface area contributed by atoms with Crippen LogP contribution in [0.3, 0.4) is 0 Å². The minimum Gasteiger partial charge on any atom is -0.322 e. The average molecular weight is 478 g/mol. The molecule has 0 aliphatic carbocycles. The molecular formula is C25H20FN3O2S2. The van der Waals surface area contributed by atoms with Gasteiger partial charge >= 0.3 is 0 Å². The first-order chi connectivity index (χ1) is 16.1. The second-order valence-electron chi connectivity index (χ2n) is 7.71. The quantitative estimate of drug-likeness (QED) is 0.396. The molecule has 0 spiro atoms. The SMILES string of the molecule is O=C(Nc1cccc2c1CCCN2C(=O)Cc1csc(-c2cccs2)n1)c1ccc(F)cc1. The van der Waals surface area contributed by atoms with Gasteiger partial charge in [0, 0.05) is 28.9 Å². The number of fused-ring (bicyclic) bond motifs is 1. The number of thiazole rings is 1. The van der Waals surface area contributed by atoms with Crippen LogP contribution in [0.4, 0.5) is 15.8 Å². The van der Waals surface area contributed by atoms with Crippen LogP contribution in [-0.4, -0.2) is 23.3 Å². The fourth-order valence-electron chi connectivity index (χ4n) is 3.95. The van der Waals surface area contributed by atoms with Gasteiger partial charge in [-0.2, -0.15) is 0 Å². The van der Waals surface area contributed by atoms with Crippen LogP contribution in [0.1, 0.15) is 28.0 Å². The first-order valence-electron chi connectivity index (χ1n) is 10.6. The summed E-state index contributed by atoms with van der Waals surface area (Å²) >= 11 is 3.18. The number of halogens is 1. The third kappa shape index (κ3) is 4.58. The van der Waals surface area contributed by atoms with Crippen molar-refractivity contribution in [1.29, 1.82) is 0 Å². The summed E-state index contributed by atoms with van der Waals surface area (Å²) in [5.41, 5.74) is 3.57. The maximum absolute atomic E-state index is 13.2. The van der Waals surface area contributed by atoms with Gasteiger partial charge in [-0.1, -0.05) is 12.1 Å². The van der Waals surface area contributed by atoms with Gasteiger partial charge < -0.3 is 10.2 Å². The van der Waals surface area contributed by atoms with Crippen molar-refractivity contribution in [1.82, 2.24) is 4.98 Å². The number of nitrogens with zero attached hydrogens (tertiary/aromatic N) is 2. The molecule has 0 radical (unpaired) electrons. The number of anilines is 2. The first-order valence-corrected chi connectivity index (χ1v) is 12.3. The molecule has 0 saturated heterocycles. The van der Waals surface area contributed by atoms with E-state index in [4.69, 9.17) is 0 Å². The molecule has 8 heteroatoms. The fraction of sp³-hybridized carbons (Fsp3) is 0.160. The molecule has 0 unspecified atom stereocenters. The lowest BCUT2D eigenvalue weighted by atomic mass is 9.99. The predicted molar refractivity (Wildman–Crippen MR) is 131 cm³/mol. The second-order valence-corrected chi connectivity index (χ2v) is 9.52. The molecule has 0 saturated carbocycles. The molecule has 4 aromatic rings. The highest BCUT2D eigenvalue weighted by molar-refractivity contribution is 7.20. The molecule has 0 bridgehead atoms. The molecule has 3 heterocycles. The summed E-state index contributed by atoms with van der Waals surface area (Å²) in [7, 11) is 0. The van der Waals surface area contributed by atoms with E-state index < -0.39 is 0 Å². The van der Waals surface area contributed by atoms with E-state index in [2.05, 4.69) is 10.3 Å². The lowest BCUT2D eigenvalue weighted by Crippen LogP contribution is -2.37. The van der Waals surface area contributed by atoms with E-state index in [1.165, 1.54) is 24.3 Å². The molecule has 166 valence electrons. The molecule has 1 aliphatic rings. The molecule has 5 nitrogen and oxygen atoms in total. The Kier molecular flexibility index (Phi) is 6.02. The molecule has 1 aliphatic heterocycles. The molecule has 0 fully saturated rings. The van der Waals surface area contributed by atoms with E-state index >= 15 is 0 Å². The van der Waals surface area contributed by atoms with Crippen LogP contribution >= 0.6 is 22.7 Å². The molecule has 2 amide bonds. The van der Waals surface area contributed by atoms with Crippen molar-refractivity contribution in [2.24, 2.45) is 0 Å². The highest BCUT2D eigenvalue weighted by Crippen LogP contribution is 2.34. The average Bonchev–Trinajstić information content (AvgIpc) is 3.51. The third-order valence-corrected chi connectivity index (χ3v) is 7.45. The summed E-state index contributed by atoms with van der Waals surface area (Å²) in [5.74, 6) is -0.711. The van der Waals surface area contributed by atoms with Crippen molar-refractivity contribution in [2.75, 3.05) is 16.8 Å². The molecular weight excluding hydrogens is 457 g/mol. The van der Waals surface area contributed by atoms with E-state index in [-0.39, 0.29) is 24.1 Å². The lowest BCUT2D eigenvalue weighted by Gasteiger charge is -2.31. The minimum absolute atomic E-state index is 0.0130. The maximum Gasteiger partial charge on any atom is 0.255 e. The molecule has 2 aromatic carbocycles. The van der Waals surface area contributed by atoms with Crippen molar-refractivity contribution < 1.29 is 14.0 Å². The third-order valence-electron chi connectivity index (χ3n) is 5.52. The number of hydrogen-bond donors (Lipinski definition) is 1. The summed E-state index contributed by atoms with van der Waals surface area (Å²) in [5, 5.41) is 7.81. The van der Waals surface area contributed by atoms with E-state index in [1.807, 2.05) is 41.1 Å². The Balaban J connectivity index is 1.34. The Hall–Kier alpha value is -3.36. The highest BCUT2D eigenvalue weighted by atomic mass is 32.1. The fourth-order valence-corrected chi connectivity index (χ4v) is 5.58. The Morgan fingerprint density at radius 2 is 1.91 bits per heavy atom. The van der Waals surface area contributed by atoms with Crippen molar-refractivity contribution in [3.05, 3.63) is 88.0 Å². The number of hydrogen-bond acceptors (Lipinski definition) is 5. The monoisotopic (exact) mass is 477 g/mol. The number of amides is 2. The molecule has 5 rings (SSSR count). The number of nitrogens with one attached hydrogen (secondary N) is 1. The van der Waals surface area contributed by atoms with Crippen LogP contribution in [0.15, 0.2) is 65.4 Å². The summed E-state index contributed by atoms with van der Waals surface area (Å²) in [4.78, 5) is 33.4. The van der Waals surface area contributed by atoms with Crippen molar-refractivity contribution in [2.45, 2.75) is 19.3 Å². The van der Waals surface area contributed by atoms with Gasteiger partial charge in [-0.25, -0.2) is 9.37 Å². The van der Waals surface area contributed by atoms with Gasteiger partial charge in [0.1, 0.15) is 10.8 Å². The summed E-state index contributed by atoms with van der Waals surface area (Å²) in [6, 6.07) is 15.0. The number of carbonyl (C=O) groups excluding carboxylic acids is 2. The van der Waals surface area contributed by atoms with Gasteiger partial charge in [0.2, 0.25) is 5.91 Å². The predicted octanol–water partition coefficient (Wildman–Crippen LogP) is 5.78. The minimum atomic E-state index is -0.389. The van der Waals surface area contributed by atoms with Crippen LogP contribution in [0.5, 0.6) is 0 Å². The van der Waals surface area contributed by atoms with Crippen LogP contribution in [0.2, 0.25) is 0 Å². The number of carbonyl (C=O) groups is 2. The Morgan fingerprint density at radius 1 is 1.06 bits per heavy atom. The van der Waals surface area contributed by atoms with Crippen LogP contribution in [0, 0.1) is 5.82 Å². The first kappa shape index (κ1) is 21.5. The lowest BCUT2D eigenvalue weighted by molar-refractivity contribution is -0.118. The highest BCUT2D eigenvalue weighted by Gasteiger charge is 2.25. The summed E-state index contributed by atoms with van der Waals surface area (Å²) in [6.45, 7) is 0.628. The van der Waals surface area contributed by atoms with Crippen molar-refractivity contribution in [3.63, 3.8) is 0 Å². The number of rotatable bonds is 5. The Labute approximate surface area is 198 Å². The summed E-state index contributed by atoms with van der Waals surface area (Å²) in [6.07, 6.45) is 1.80. The Bertz CT molecular complexity index is 1300. The van der Waals surface area contributed by atoms with Crippen molar-refractivity contribution in [3.8, 4) is 9.88 Å². The number of aromatic nitrogens is 1. The van der Waals surface area contributed by atoms with Gasteiger partial charge in [-0.15, -0.1) is 22.7 Å². The van der Waals surface area contributed by atoms with Crippen LogP contribution in [-0.2, 0) is 17.6 Å². The van der Waals surface area contributed by atoms with Gasteiger partial charge in [-0.05, 0) is 66.2 Å². The zero-order valence-electron chi connectivity index (χ0n) is 17.6. The van der Waals surface area contributed by atoms with Gasteiger partial charge in [0.05, 0.1) is 17.0 Å². The normalized spacial score (nSPS) is 12.9. The van der Waals surface area contributed by atoms with E-state index in [1.54, 1.807) is 27.6 Å². The summed E-state index contributed by atoms with van der Waals surface area (Å²) < 4.78 is 13.2. The van der Waals surface area contributed by atoms with Gasteiger partial charge in [0.15, 0.2) is 0 Å². The molecule has 0 atom stereocenters. The van der Waals surface area contributed by atoms with E-state index in [9.17, 15) is 14.0 Å². The smallest absolute Gasteiger partial charge is 0.255 e. The molecule has 1 N–H and O–H groups in total. The molecule has 2 aromatic heterocycles. The van der Waals surface area contributed by atoms with Crippen LogP contribution < -0.4 is 10.2 Å².